The van der Waals surface area contributed by atoms with Crippen molar-refractivity contribution in [1.29, 1.82) is 0 Å². The average Bonchev–Trinajstić information content (AvgIpc) is 3.17. The maximum absolute atomic E-state index is 13.0. The molecule has 142 valence electrons. The van der Waals surface area contributed by atoms with Crippen LogP contribution in [0, 0.1) is 5.92 Å². The summed E-state index contributed by atoms with van der Waals surface area (Å²) < 4.78 is 2.11. The smallest absolute Gasteiger partial charge is 0.245 e. The zero-order chi connectivity index (χ0) is 18.7. The molecule has 2 aliphatic heterocycles. The van der Waals surface area contributed by atoms with Gasteiger partial charge in [-0.2, -0.15) is 0 Å². The van der Waals surface area contributed by atoms with Gasteiger partial charge in [0.15, 0.2) is 0 Å². The highest BCUT2D eigenvalue weighted by Crippen LogP contribution is 2.29. The molecule has 1 aromatic heterocycles. The fourth-order valence-corrected chi connectivity index (χ4v) is 4.06. The third-order valence-corrected chi connectivity index (χ3v) is 5.59. The largest absolute Gasteiger partial charge is 0.342 e. The monoisotopic (exact) mass is 359 g/mol. The van der Waals surface area contributed by atoms with Crippen molar-refractivity contribution in [3.05, 3.63) is 24.8 Å². The molecule has 1 atom stereocenters. The molecule has 0 N–H and O–H groups in total. The van der Waals surface area contributed by atoms with Gasteiger partial charge in [0.2, 0.25) is 11.8 Å². The summed E-state index contributed by atoms with van der Waals surface area (Å²) in [6, 6.07) is 0.317. The lowest BCUT2D eigenvalue weighted by molar-refractivity contribution is -0.140. The van der Waals surface area contributed by atoms with Crippen LogP contribution in [0.5, 0.6) is 0 Å². The third-order valence-electron chi connectivity index (χ3n) is 5.59. The SMILES string of the molecule is C=CC(=O)N1CCC(C(=O)N2CCCC(c3nncn3C(C)C)C2)CC1. The number of hydrogen-bond donors (Lipinski definition) is 0. The third kappa shape index (κ3) is 3.81. The molecule has 26 heavy (non-hydrogen) atoms. The van der Waals surface area contributed by atoms with Crippen molar-refractivity contribution in [2.24, 2.45) is 5.92 Å². The van der Waals surface area contributed by atoms with Gasteiger partial charge in [0.1, 0.15) is 12.2 Å². The minimum Gasteiger partial charge on any atom is -0.342 e. The summed E-state index contributed by atoms with van der Waals surface area (Å²) in [5.41, 5.74) is 0. The fourth-order valence-electron chi connectivity index (χ4n) is 4.06. The molecule has 0 aliphatic carbocycles. The highest BCUT2D eigenvalue weighted by Gasteiger charge is 2.33. The molecule has 2 fully saturated rings. The van der Waals surface area contributed by atoms with Crippen LogP contribution in [0.25, 0.3) is 0 Å². The van der Waals surface area contributed by atoms with E-state index < -0.39 is 0 Å². The van der Waals surface area contributed by atoms with Gasteiger partial charge in [-0.3, -0.25) is 9.59 Å². The number of aromatic nitrogens is 3. The lowest BCUT2D eigenvalue weighted by atomic mass is 9.91. The second-order valence-electron chi connectivity index (χ2n) is 7.62. The summed E-state index contributed by atoms with van der Waals surface area (Å²) in [4.78, 5) is 28.5. The number of carbonyl (C=O) groups is 2. The Kier molecular flexibility index (Phi) is 5.74. The Morgan fingerprint density at radius 3 is 2.58 bits per heavy atom. The Labute approximate surface area is 155 Å². The maximum Gasteiger partial charge on any atom is 0.245 e. The quantitative estimate of drug-likeness (QED) is 0.771. The van der Waals surface area contributed by atoms with Crippen molar-refractivity contribution < 1.29 is 9.59 Å². The van der Waals surface area contributed by atoms with Crippen LogP contribution in [-0.4, -0.2) is 62.6 Å². The van der Waals surface area contributed by atoms with Crippen molar-refractivity contribution in [1.82, 2.24) is 24.6 Å². The first-order valence-electron chi connectivity index (χ1n) is 9.60. The topological polar surface area (TPSA) is 71.3 Å². The van der Waals surface area contributed by atoms with Gasteiger partial charge in [0.25, 0.3) is 0 Å². The summed E-state index contributed by atoms with van der Waals surface area (Å²) in [5, 5.41) is 8.40. The molecule has 7 nitrogen and oxygen atoms in total. The van der Waals surface area contributed by atoms with Crippen LogP contribution in [-0.2, 0) is 9.59 Å². The van der Waals surface area contributed by atoms with Crippen LogP contribution in [0.2, 0.25) is 0 Å². The van der Waals surface area contributed by atoms with Crippen LogP contribution in [0.1, 0.15) is 57.3 Å². The molecule has 2 amide bonds. The predicted octanol–water partition coefficient (Wildman–Crippen LogP) is 1.99. The number of likely N-dealkylation sites (tertiary alicyclic amines) is 2. The Morgan fingerprint density at radius 1 is 1.19 bits per heavy atom. The van der Waals surface area contributed by atoms with E-state index in [1.54, 1.807) is 11.2 Å². The zero-order valence-corrected chi connectivity index (χ0v) is 15.8. The van der Waals surface area contributed by atoms with E-state index >= 15 is 0 Å². The molecular weight excluding hydrogens is 330 g/mol. The summed E-state index contributed by atoms with van der Waals surface area (Å²) in [6.07, 6.45) is 6.65. The molecule has 0 aromatic carbocycles. The van der Waals surface area contributed by atoms with Crippen LogP contribution in [0.15, 0.2) is 19.0 Å². The minimum absolute atomic E-state index is 0.0191. The van der Waals surface area contributed by atoms with E-state index in [1.165, 1.54) is 6.08 Å². The highest BCUT2D eigenvalue weighted by molar-refractivity contribution is 5.87. The number of carbonyl (C=O) groups excluding carboxylic acids is 2. The predicted molar refractivity (Wildman–Crippen MR) is 98.5 cm³/mol. The first kappa shape index (κ1) is 18.6. The van der Waals surface area contributed by atoms with E-state index in [9.17, 15) is 9.59 Å². The van der Waals surface area contributed by atoms with Gasteiger partial charge in [0, 0.05) is 44.1 Å². The number of nitrogens with zero attached hydrogens (tertiary/aromatic N) is 5. The lowest BCUT2D eigenvalue weighted by Gasteiger charge is -2.37. The molecule has 3 heterocycles. The number of piperidine rings is 2. The normalized spacial score (nSPS) is 21.9. The van der Waals surface area contributed by atoms with E-state index in [2.05, 4.69) is 35.2 Å². The number of rotatable bonds is 4. The second kappa shape index (κ2) is 8.01. The maximum atomic E-state index is 13.0. The average molecular weight is 359 g/mol. The van der Waals surface area contributed by atoms with Gasteiger partial charge in [0.05, 0.1) is 0 Å². The van der Waals surface area contributed by atoms with Crippen LogP contribution >= 0.6 is 0 Å². The first-order chi connectivity index (χ1) is 12.5. The van der Waals surface area contributed by atoms with Gasteiger partial charge in [-0.1, -0.05) is 6.58 Å². The molecule has 0 radical (unpaired) electrons. The Balaban J connectivity index is 1.61. The van der Waals surface area contributed by atoms with E-state index in [-0.39, 0.29) is 23.7 Å². The lowest BCUT2D eigenvalue weighted by Crippen LogP contribution is -2.46. The van der Waals surface area contributed by atoms with Crippen molar-refractivity contribution >= 4 is 11.8 Å². The molecule has 1 unspecified atom stereocenters. The molecule has 7 heteroatoms. The zero-order valence-electron chi connectivity index (χ0n) is 15.8. The van der Waals surface area contributed by atoms with Crippen molar-refractivity contribution in [3.63, 3.8) is 0 Å². The number of amides is 2. The van der Waals surface area contributed by atoms with Crippen molar-refractivity contribution in [2.75, 3.05) is 26.2 Å². The molecule has 0 saturated carbocycles. The Hall–Kier alpha value is -2.18. The Morgan fingerprint density at radius 2 is 1.92 bits per heavy atom. The number of hydrogen-bond acceptors (Lipinski definition) is 4. The van der Waals surface area contributed by atoms with Crippen molar-refractivity contribution in [2.45, 2.75) is 51.5 Å². The summed E-state index contributed by atoms with van der Waals surface area (Å²) >= 11 is 0. The van der Waals surface area contributed by atoms with Gasteiger partial charge in [-0.25, -0.2) is 0 Å². The van der Waals surface area contributed by atoms with Crippen LogP contribution in [0.4, 0.5) is 0 Å². The van der Waals surface area contributed by atoms with Gasteiger partial charge >= 0.3 is 0 Å². The standard InChI is InChI=1S/C19H29N5O2/c1-4-17(25)22-10-7-15(8-11-22)19(26)23-9-5-6-16(12-23)18-21-20-13-24(18)14(2)3/h4,13-16H,1,5-12H2,2-3H3. The molecule has 2 saturated heterocycles. The van der Waals surface area contributed by atoms with E-state index in [0.29, 0.717) is 19.1 Å². The summed E-state index contributed by atoms with van der Waals surface area (Å²) in [7, 11) is 0. The fraction of sp³-hybridized carbons (Fsp3) is 0.684. The van der Waals surface area contributed by atoms with Gasteiger partial charge in [-0.15, -0.1) is 10.2 Å². The summed E-state index contributed by atoms with van der Waals surface area (Å²) in [5.74, 6) is 1.45. The van der Waals surface area contributed by atoms with Crippen molar-refractivity contribution in [3.8, 4) is 0 Å². The molecule has 2 aliphatic rings. The van der Waals surface area contributed by atoms with Gasteiger partial charge in [-0.05, 0) is 45.6 Å². The highest BCUT2D eigenvalue weighted by atomic mass is 16.2. The van der Waals surface area contributed by atoms with E-state index in [0.717, 1.165) is 44.6 Å². The van der Waals surface area contributed by atoms with Crippen LogP contribution in [0.3, 0.4) is 0 Å². The molecule has 1 aromatic rings. The Bertz CT molecular complexity index is 661. The van der Waals surface area contributed by atoms with E-state index in [1.807, 2.05) is 4.90 Å². The minimum atomic E-state index is -0.0399. The first-order valence-corrected chi connectivity index (χ1v) is 9.60. The molecule has 0 bridgehead atoms. The van der Waals surface area contributed by atoms with Gasteiger partial charge < -0.3 is 14.4 Å². The van der Waals surface area contributed by atoms with Crippen LogP contribution < -0.4 is 0 Å². The van der Waals surface area contributed by atoms with E-state index in [4.69, 9.17) is 0 Å². The molecular formula is C19H29N5O2. The second-order valence-corrected chi connectivity index (χ2v) is 7.62. The summed E-state index contributed by atoms with van der Waals surface area (Å²) in [6.45, 7) is 10.6. The molecule has 3 rings (SSSR count). The molecule has 0 spiro atoms.